The van der Waals surface area contributed by atoms with E-state index in [9.17, 15) is 18.8 Å². The summed E-state index contributed by atoms with van der Waals surface area (Å²) < 4.78 is 25.4. The summed E-state index contributed by atoms with van der Waals surface area (Å²) in [6, 6.07) is 9.58. The van der Waals surface area contributed by atoms with Crippen LogP contribution in [0.4, 0.5) is 20.6 Å². The van der Waals surface area contributed by atoms with E-state index in [1.54, 1.807) is 36.2 Å². The predicted molar refractivity (Wildman–Crippen MR) is 128 cm³/mol. The molecule has 3 atom stereocenters. The Kier molecular flexibility index (Phi) is 7.50. The average molecular weight is 485 g/mol. The molecule has 0 radical (unpaired) electrons. The minimum Gasteiger partial charge on any atom is -0.490 e. The molecule has 2 heterocycles. The number of anilines is 2. The third-order valence-corrected chi connectivity index (χ3v) is 6.14. The Balaban J connectivity index is 1.45. The van der Waals surface area contributed by atoms with Gasteiger partial charge in [0, 0.05) is 25.0 Å². The smallest absolute Gasteiger partial charge is 0.323 e. The van der Waals surface area contributed by atoms with Gasteiger partial charge >= 0.3 is 6.03 Å². The molecular formula is C25H29FN4O5. The third-order valence-electron chi connectivity index (χ3n) is 6.14. The molecule has 2 aromatic rings. The van der Waals surface area contributed by atoms with Crippen molar-refractivity contribution in [2.24, 2.45) is 0 Å². The number of nitrogens with one attached hydrogen (secondary N) is 3. The quantitative estimate of drug-likeness (QED) is 0.603. The van der Waals surface area contributed by atoms with Gasteiger partial charge in [-0.25, -0.2) is 9.18 Å². The molecule has 0 unspecified atom stereocenters. The lowest BCUT2D eigenvalue weighted by Gasteiger charge is -2.42. The number of likely N-dealkylation sites (N-methyl/N-ethyl adjacent to an activating group) is 1. The monoisotopic (exact) mass is 484 g/mol. The number of carbonyl (C=O) groups excluding carboxylic acids is 3. The number of nitrogens with zero attached hydrogens (tertiary/aromatic N) is 1. The van der Waals surface area contributed by atoms with Crippen molar-refractivity contribution >= 4 is 29.2 Å². The van der Waals surface area contributed by atoms with Gasteiger partial charge in [0.05, 0.1) is 24.1 Å². The van der Waals surface area contributed by atoms with Crippen LogP contribution in [0.5, 0.6) is 5.75 Å². The largest absolute Gasteiger partial charge is 0.490 e. The fourth-order valence-electron chi connectivity index (χ4n) is 4.44. The molecule has 1 fully saturated rings. The van der Waals surface area contributed by atoms with Gasteiger partial charge in [-0.1, -0.05) is 6.07 Å². The highest BCUT2D eigenvalue weighted by Crippen LogP contribution is 2.32. The lowest BCUT2D eigenvalue weighted by molar-refractivity contribution is -0.133. The second-order valence-corrected chi connectivity index (χ2v) is 8.63. The van der Waals surface area contributed by atoms with E-state index in [1.165, 1.54) is 18.2 Å². The summed E-state index contributed by atoms with van der Waals surface area (Å²) >= 11 is 0. The van der Waals surface area contributed by atoms with Crippen molar-refractivity contribution in [3.05, 3.63) is 53.8 Å². The molecule has 0 saturated carbocycles. The summed E-state index contributed by atoms with van der Waals surface area (Å²) in [6.45, 7) is 2.67. The fourth-order valence-corrected chi connectivity index (χ4v) is 4.44. The van der Waals surface area contributed by atoms with Gasteiger partial charge < -0.3 is 30.3 Å². The normalized spacial score (nSPS) is 21.5. The van der Waals surface area contributed by atoms with Crippen molar-refractivity contribution in [2.75, 3.05) is 30.8 Å². The van der Waals surface area contributed by atoms with Crippen LogP contribution in [-0.4, -0.2) is 61.2 Å². The molecule has 0 aromatic heterocycles. The molecule has 9 nitrogen and oxygen atoms in total. The van der Waals surface area contributed by atoms with Crippen molar-refractivity contribution < 1.29 is 28.2 Å². The molecule has 35 heavy (non-hydrogen) atoms. The summed E-state index contributed by atoms with van der Waals surface area (Å²) in [6.07, 6.45) is 1.03. The first-order chi connectivity index (χ1) is 16.8. The zero-order chi connectivity index (χ0) is 24.9. The van der Waals surface area contributed by atoms with Crippen LogP contribution in [0.1, 0.15) is 36.5 Å². The van der Waals surface area contributed by atoms with E-state index < -0.39 is 11.8 Å². The van der Waals surface area contributed by atoms with Crippen molar-refractivity contribution in [2.45, 2.75) is 44.4 Å². The van der Waals surface area contributed by atoms with E-state index >= 15 is 0 Å². The minimum absolute atomic E-state index is 0.0565. The lowest BCUT2D eigenvalue weighted by Crippen LogP contribution is -2.54. The zero-order valence-electron chi connectivity index (χ0n) is 19.7. The first kappa shape index (κ1) is 24.5. The molecule has 186 valence electrons. The number of ether oxygens (including phenoxy) is 2. The van der Waals surface area contributed by atoms with Crippen molar-refractivity contribution in [1.29, 1.82) is 0 Å². The van der Waals surface area contributed by atoms with E-state index in [0.29, 0.717) is 42.1 Å². The Morgan fingerprint density at radius 1 is 1.11 bits per heavy atom. The van der Waals surface area contributed by atoms with Gasteiger partial charge in [-0.05, 0) is 56.2 Å². The number of hydrogen-bond donors (Lipinski definition) is 3. The Morgan fingerprint density at radius 2 is 1.89 bits per heavy atom. The molecule has 1 saturated heterocycles. The predicted octanol–water partition coefficient (Wildman–Crippen LogP) is 3.38. The van der Waals surface area contributed by atoms with Gasteiger partial charge in [0.2, 0.25) is 5.91 Å². The molecule has 2 aliphatic heterocycles. The number of carbonyl (C=O) groups is 3. The maximum absolute atomic E-state index is 13.4. The lowest BCUT2D eigenvalue weighted by atomic mass is 9.94. The number of halogens is 1. The standard InChI is InChI=1S/C25H29FN4O5/c1-3-27-23(31)13-18-8-9-20-22(35-18)14-34-21-10-7-17(12-19(21)24(32)30(20)2)29-25(33)28-16-6-4-5-15(26)11-16/h4-7,10-12,18,20,22H,3,8-9,13-14H2,1-2H3,(H,27,31)(H2,28,29,33)/t18-,20+,22-/m0/s1. The molecule has 0 aliphatic carbocycles. The summed E-state index contributed by atoms with van der Waals surface area (Å²) in [5, 5.41) is 8.00. The van der Waals surface area contributed by atoms with Gasteiger partial charge in [-0.15, -0.1) is 0 Å². The number of hydrogen-bond acceptors (Lipinski definition) is 5. The van der Waals surface area contributed by atoms with Gasteiger partial charge in [0.15, 0.2) is 0 Å². The molecule has 10 heteroatoms. The highest BCUT2D eigenvalue weighted by atomic mass is 19.1. The van der Waals surface area contributed by atoms with E-state index in [2.05, 4.69) is 16.0 Å². The Hall–Kier alpha value is -3.66. The van der Waals surface area contributed by atoms with Crippen molar-refractivity contribution in [3.63, 3.8) is 0 Å². The van der Waals surface area contributed by atoms with Crippen molar-refractivity contribution in [1.82, 2.24) is 10.2 Å². The topological polar surface area (TPSA) is 109 Å². The van der Waals surface area contributed by atoms with Crippen LogP contribution in [0.3, 0.4) is 0 Å². The molecule has 3 N–H and O–H groups in total. The fraction of sp³-hybridized carbons (Fsp3) is 0.400. The Bertz CT molecular complexity index is 1110. The first-order valence-electron chi connectivity index (χ1n) is 11.6. The highest BCUT2D eigenvalue weighted by molar-refractivity contribution is 6.02. The number of fused-ring (bicyclic) bond motifs is 2. The maximum Gasteiger partial charge on any atom is 0.323 e. The van der Waals surface area contributed by atoms with E-state index in [-0.39, 0.29) is 43.1 Å². The molecule has 0 spiro atoms. The molecule has 4 rings (SSSR count). The van der Waals surface area contributed by atoms with Gasteiger partial charge in [-0.2, -0.15) is 0 Å². The van der Waals surface area contributed by atoms with Crippen LogP contribution < -0.4 is 20.7 Å². The average Bonchev–Trinajstić information content (AvgIpc) is 2.82. The van der Waals surface area contributed by atoms with Crippen LogP contribution in [0.15, 0.2) is 42.5 Å². The summed E-state index contributed by atoms with van der Waals surface area (Å²) in [4.78, 5) is 39.3. The molecule has 2 aliphatic rings. The van der Waals surface area contributed by atoms with E-state index in [4.69, 9.17) is 9.47 Å². The maximum atomic E-state index is 13.4. The number of benzene rings is 2. The highest BCUT2D eigenvalue weighted by Gasteiger charge is 2.39. The zero-order valence-corrected chi connectivity index (χ0v) is 19.7. The summed E-state index contributed by atoms with van der Waals surface area (Å²) in [7, 11) is 1.72. The minimum atomic E-state index is -0.568. The second-order valence-electron chi connectivity index (χ2n) is 8.63. The SMILES string of the molecule is CCNC(=O)C[C@@H]1CC[C@@H]2[C@H](COc3ccc(NC(=O)Nc4cccc(F)c4)cc3C(=O)N2C)O1. The third kappa shape index (κ3) is 5.89. The van der Waals surface area contributed by atoms with Gasteiger partial charge in [0.25, 0.3) is 5.91 Å². The van der Waals surface area contributed by atoms with Crippen LogP contribution in [0.25, 0.3) is 0 Å². The van der Waals surface area contributed by atoms with Gasteiger partial charge in [0.1, 0.15) is 24.3 Å². The molecular weight excluding hydrogens is 455 g/mol. The number of urea groups is 1. The van der Waals surface area contributed by atoms with Crippen LogP contribution in [0.2, 0.25) is 0 Å². The number of amides is 4. The number of rotatable bonds is 5. The van der Waals surface area contributed by atoms with Crippen LogP contribution in [-0.2, 0) is 9.53 Å². The van der Waals surface area contributed by atoms with Crippen LogP contribution in [0, 0.1) is 5.82 Å². The Morgan fingerprint density at radius 3 is 2.63 bits per heavy atom. The van der Waals surface area contributed by atoms with Crippen molar-refractivity contribution in [3.8, 4) is 5.75 Å². The molecule has 2 aromatic carbocycles. The van der Waals surface area contributed by atoms with Crippen LogP contribution >= 0.6 is 0 Å². The van der Waals surface area contributed by atoms with E-state index in [1.807, 2.05) is 6.92 Å². The van der Waals surface area contributed by atoms with Gasteiger partial charge in [-0.3, -0.25) is 9.59 Å². The molecule has 4 amide bonds. The molecule has 0 bridgehead atoms. The second kappa shape index (κ2) is 10.7. The first-order valence-corrected chi connectivity index (χ1v) is 11.6. The summed E-state index contributed by atoms with van der Waals surface area (Å²) in [5.41, 5.74) is 1.02. The Labute approximate surface area is 203 Å². The van der Waals surface area contributed by atoms with E-state index in [0.717, 1.165) is 0 Å². The summed E-state index contributed by atoms with van der Waals surface area (Å²) in [5.74, 6) is -0.394.